The number of aromatic nitrogens is 1. The number of halogens is 1. The molecule has 2 rings (SSSR count). The minimum Gasteiger partial charge on any atom is -0.378 e. The Balaban J connectivity index is 1.97. The molecule has 0 bridgehead atoms. The second kappa shape index (κ2) is 6.42. The Morgan fingerprint density at radius 2 is 2.15 bits per heavy atom. The molecule has 1 aromatic rings. The maximum Gasteiger partial charge on any atom is 0.256 e. The van der Waals surface area contributed by atoms with Gasteiger partial charge in [-0.3, -0.25) is 9.59 Å². The fraction of sp³-hybridized carbons (Fsp3) is 0.462. The second-order valence-corrected chi connectivity index (χ2v) is 4.47. The van der Waals surface area contributed by atoms with E-state index in [2.05, 4.69) is 10.3 Å². The molecular weight excluding hydrogens is 265 g/mol. The van der Waals surface area contributed by atoms with Gasteiger partial charge in [-0.25, -0.2) is 4.98 Å². The average Bonchev–Trinajstić information content (AvgIpc) is 2.47. The van der Waals surface area contributed by atoms with E-state index in [0.29, 0.717) is 26.3 Å². The predicted octanol–water partition coefficient (Wildman–Crippen LogP) is 0.198. The maximum absolute atomic E-state index is 13.4. The third-order valence-electron chi connectivity index (χ3n) is 3.04. The van der Waals surface area contributed by atoms with Gasteiger partial charge in [-0.05, 0) is 19.1 Å². The van der Waals surface area contributed by atoms with Crippen molar-refractivity contribution in [3.8, 4) is 0 Å². The summed E-state index contributed by atoms with van der Waals surface area (Å²) in [7, 11) is 0. The van der Waals surface area contributed by atoms with Crippen LogP contribution in [0.3, 0.4) is 0 Å². The van der Waals surface area contributed by atoms with E-state index in [-0.39, 0.29) is 11.5 Å². The molecule has 0 spiro atoms. The van der Waals surface area contributed by atoms with Crippen molar-refractivity contribution < 1.29 is 18.7 Å². The largest absolute Gasteiger partial charge is 0.378 e. The number of nitrogens with one attached hydrogen (secondary N) is 1. The number of ether oxygens (including phenoxy) is 1. The fourth-order valence-electron chi connectivity index (χ4n) is 1.95. The Kier molecular flexibility index (Phi) is 4.62. The number of rotatable bonds is 3. The minimum atomic E-state index is -0.851. The lowest BCUT2D eigenvalue weighted by Gasteiger charge is -2.29. The molecule has 1 N–H and O–H groups in total. The molecule has 108 valence electrons. The van der Waals surface area contributed by atoms with Crippen LogP contribution in [0.5, 0.6) is 0 Å². The third-order valence-corrected chi connectivity index (χ3v) is 3.04. The zero-order chi connectivity index (χ0) is 14.5. The Morgan fingerprint density at radius 1 is 1.45 bits per heavy atom. The quantitative estimate of drug-likeness (QED) is 0.803. The lowest BCUT2D eigenvalue weighted by Crippen LogP contribution is -2.50. The van der Waals surface area contributed by atoms with Gasteiger partial charge in [-0.1, -0.05) is 0 Å². The van der Waals surface area contributed by atoms with Gasteiger partial charge in [0.2, 0.25) is 11.9 Å². The maximum atomic E-state index is 13.4. The zero-order valence-electron chi connectivity index (χ0n) is 11.1. The highest BCUT2D eigenvalue weighted by Crippen LogP contribution is 2.05. The van der Waals surface area contributed by atoms with Crippen LogP contribution in [0, 0.1) is 5.95 Å². The van der Waals surface area contributed by atoms with Crippen LogP contribution in [0.1, 0.15) is 17.3 Å². The van der Waals surface area contributed by atoms with Crippen LogP contribution in [-0.4, -0.2) is 54.0 Å². The van der Waals surface area contributed by atoms with E-state index >= 15 is 0 Å². The van der Waals surface area contributed by atoms with Crippen molar-refractivity contribution in [2.75, 3.05) is 26.3 Å². The van der Waals surface area contributed by atoms with Crippen molar-refractivity contribution in [3.05, 3.63) is 29.8 Å². The van der Waals surface area contributed by atoms with Crippen LogP contribution in [-0.2, 0) is 9.53 Å². The molecular formula is C13H16FN3O3. The molecule has 1 aliphatic rings. The summed E-state index contributed by atoms with van der Waals surface area (Å²) in [5.41, 5.74) is -0.172. The molecule has 1 fully saturated rings. The van der Waals surface area contributed by atoms with Crippen molar-refractivity contribution in [1.82, 2.24) is 15.2 Å². The lowest BCUT2D eigenvalue weighted by molar-refractivity contribution is -0.136. The van der Waals surface area contributed by atoms with Crippen molar-refractivity contribution in [2.45, 2.75) is 13.0 Å². The zero-order valence-corrected chi connectivity index (χ0v) is 11.1. The first-order chi connectivity index (χ1) is 9.59. The summed E-state index contributed by atoms with van der Waals surface area (Å²) in [6.45, 7) is 3.55. The lowest BCUT2D eigenvalue weighted by atomic mass is 10.2. The topological polar surface area (TPSA) is 71.5 Å². The van der Waals surface area contributed by atoms with E-state index < -0.39 is 17.9 Å². The molecule has 0 radical (unpaired) electrons. The number of amides is 2. The first-order valence-electron chi connectivity index (χ1n) is 6.37. The summed E-state index contributed by atoms with van der Waals surface area (Å²) in [5, 5.41) is 2.48. The molecule has 1 aromatic heterocycles. The minimum absolute atomic E-state index is 0.172. The summed E-state index contributed by atoms with van der Waals surface area (Å²) in [6, 6.07) is 2.07. The molecule has 20 heavy (non-hydrogen) atoms. The molecule has 0 aliphatic carbocycles. The second-order valence-electron chi connectivity index (χ2n) is 4.47. The van der Waals surface area contributed by atoms with Crippen LogP contribution < -0.4 is 5.32 Å². The summed E-state index contributed by atoms with van der Waals surface area (Å²) in [5.74, 6) is -1.70. The van der Waals surface area contributed by atoms with Gasteiger partial charge in [-0.15, -0.1) is 0 Å². The normalized spacial score (nSPS) is 16.6. The Labute approximate surface area is 115 Å². The van der Waals surface area contributed by atoms with Crippen molar-refractivity contribution in [1.29, 1.82) is 0 Å². The summed E-state index contributed by atoms with van der Waals surface area (Å²) in [4.78, 5) is 29.0. The van der Waals surface area contributed by atoms with E-state index in [0.717, 1.165) is 0 Å². The molecule has 1 aliphatic heterocycles. The van der Waals surface area contributed by atoms with Gasteiger partial charge >= 0.3 is 0 Å². The van der Waals surface area contributed by atoms with Crippen LogP contribution in [0.4, 0.5) is 4.39 Å². The molecule has 1 unspecified atom stereocenters. The van der Waals surface area contributed by atoms with E-state index in [1.807, 2.05) is 0 Å². The molecule has 7 heteroatoms. The fourth-order valence-corrected chi connectivity index (χ4v) is 1.95. The van der Waals surface area contributed by atoms with Crippen molar-refractivity contribution in [2.24, 2.45) is 0 Å². The Hall–Kier alpha value is -2.02. The van der Waals surface area contributed by atoms with E-state index in [4.69, 9.17) is 4.74 Å². The number of pyridine rings is 1. The Morgan fingerprint density at radius 3 is 2.80 bits per heavy atom. The number of morpholine rings is 1. The predicted molar refractivity (Wildman–Crippen MR) is 68.5 cm³/mol. The first-order valence-corrected chi connectivity index (χ1v) is 6.37. The number of hydrogen-bond acceptors (Lipinski definition) is 4. The van der Waals surface area contributed by atoms with E-state index in [9.17, 15) is 14.0 Å². The van der Waals surface area contributed by atoms with Gasteiger partial charge in [0.15, 0.2) is 0 Å². The van der Waals surface area contributed by atoms with Crippen LogP contribution in [0.2, 0.25) is 0 Å². The molecule has 2 heterocycles. The average molecular weight is 281 g/mol. The van der Waals surface area contributed by atoms with Gasteiger partial charge in [-0.2, -0.15) is 4.39 Å². The number of nitrogens with zero attached hydrogens (tertiary/aromatic N) is 2. The van der Waals surface area contributed by atoms with Crippen LogP contribution in [0.15, 0.2) is 18.3 Å². The van der Waals surface area contributed by atoms with Gasteiger partial charge in [0.1, 0.15) is 6.04 Å². The van der Waals surface area contributed by atoms with Crippen LogP contribution >= 0.6 is 0 Å². The van der Waals surface area contributed by atoms with Gasteiger partial charge in [0.25, 0.3) is 5.91 Å². The first kappa shape index (κ1) is 14.4. The summed E-state index contributed by atoms with van der Waals surface area (Å²) in [6.07, 6.45) is 1.26. The number of carbonyl (C=O) groups excluding carboxylic acids is 2. The molecule has 0 aromatic carbocycles. The molecule has 6 nitrogen and oxygen atoms in total. The van der Waals surface area contributed by atoms with Crippen LogP contribution in [0.25, 0.3) is 0 Å². The standard InChI is InChI=1S/C13H16FN3O3/c1-9(13(19)17-5-7-20-8-6-17)16-12(18)10-3-2-4-15-11(10)14/h2-4,9H,5-8H2,1H3,(H,16,18). The number of carbonyl (C=O) groups is 2. The SMILES string of the molecule is CC(NC(=O)c1cccnc1F)C(=O)N1CCOCC1. The van der Waals surface area contributed by atoms with Gasteiger partial charge < -0.3 is 15.0 Å². The summed E-state index contributed by atoms with van der Waals surface area (Å²) >= 11 is 0. The summed E-state index contributed by atoms with van der Waals surface area (Å²) < 4.78 is 18.5. The molecule has 1 atom stereocenters. The number of hydrogen-bond donors (Lipinski definition) is 1. The molecule has 2 amide bonds. The highest BCUT2D eigenvalue weighted by atomic mass is 19.1. The van der Waals surface area contributed by atoms with Gasteiger partial charge in [0, 0.05) is 19.3 Å². The van der Waals surface area contributed by atoms with Gasteiger partial charge in [0.05, 0.1) is 18.8 Å². The monoisotopic (exact) mass is 281 g/mol. The van der Waals surface area contributed by atoms with Crippen molar-refractivity contribution >= 4 is 11.8 Å². The van der Waals surface area contributed by atoms with E-state index in [1.54, 1.807) is 11.8 Å². The third kappa shape index (κ3) is 3.30. The van der Waals surface area contributed by atoms with Crippen molar-refractivity contribution in [3.63, 3.8) is 0 Å². The van der Waals surface area contributed by atoms with E-state index in [1.165, 1.54) is 18.3 Å². The smallest absolute Gasteiger partial charge is 0.256 e. The molecule has 1 saturated heterocycles. The molecule has 0 saturated carbocycles. The highest BCUT2D eigenvalue weighted by molar-refractivity contribution is 5.97. The Bertz CT molecular complexity index is 503. The highest BCUT2D eigenvalue weighted by Gasteiger charge is 2.24.